The van der Waals surface area contributed by atoms with Crippen LogP contribution in [0.4, 0.5) is 5.00 Å². The molecule has 0 atom stereocenters. The zero-order valence-electron chi connectivity index (χ0n) is 21.1. The zero-order valence-corrected chi connectivity index (χ0v) is 22.7. The fourth-order valence-electron chi connectivity index (χ4n) is 3.56. The first kappa shape index (κ1) is 26.4. The van der Waals surface area contributed by atoms with Gasteiger partial charge in [-0.25, -0.2) is 4.79 Å². The second kappa shape index (κ2) is 12.1. The van der Waals surface area contributed by atoms with Crippen LogP contribution in [-0.2, 0) is 29.6 Å². The van der Waals surface area contributed by atoms with Crippen LogP contribution in [0.1, 0.15) is 34.2 Å². The minimum Gasteiger partial charge on any atom is -0.486 e. The smallest absolute Gasteiger partial charge is 0.341 e. The van der Waals surface area contributed by atoms with E-state index in [4.69, 9.17) is 9.47 Å². The largest absolute Gasteiger partial charge is 0.486 e. The molecule has 0 aliphatic carbocycles. The van der Waals surface area contributed by atoms with Crippen LogP contribution in [-0.4, -0.2) is 39.5 Å². The molecule has 0 unspecified atom stereocenters. The summed E-state index contributed by atoms with van der Waals surface area (Å²) in [5, 5.41) is 14.1. The van der Waals surface area contributed by atoms with Crippen LogP contribution in [0.2, 0.25) is 0 Å². The molecule has 8 nitrogen and oxygen atoms in total. The van der Waals surface area contributed by atoms with E-state index in [2.05, 4.69) is 22.4 Å². The van der Waals surface area contributed by atoms with E-state index in [9.17, 15) is 9.59 Å². The number of nitrogens with one attached hydrogen (secondary N) is 1. The van der Waals surface area contributed by atoms with Gasteiger partial charge in [-0.05, 0) is 36.6 Å². The summed E-state index contributed by atoms with van der Waals surface area (Å²) in [4.78, 5) is 25.3. The predicted octanol–water partition coefficient (Wildman–Crippen LogP) is 5.51. The molecule has 4 rings (SSSR count). The van der Waals surface area contributed by atoms with Gasteiger partial charge in [0.2, 0.25) is 5.91 Å². The molecule has 4 aromatic rings. The molecular formula is C27H28N4O4S2. The van der Waals surface area contributed by atoms with E-state index >= 15 is 0 Å². The maximum atomic E-state index is 12.8. The van der Waals surface area contributed by atoms with Crippen molar-refractivity contribution in [2.45, 2.75) is 32.0 Å². The molecule has 10 heteroatoms. The van der Waals surface area contributed by atoms with Crippen molar-refractivity contribution in [1.29, 1.82) is 0 Å². The van der Waals surface area contributed by atoms with E-state index < -0.39 is 5.97 Å². The number of hydrogen-bond acceptors (Lipinski definition) is 8. The number of thioether (sulfide) groups is 1. The highest BCUT2D eigenvalue weighted by atomic mass is 32.2. The third-order valence-electron chi connectivity index (χ3n) is 5.75. The number of amides is 1. The SMILES string of the molecule is CCc1ccc(OCc2nnc(SCC(=O)Nc3scc(-c4ccc(C)cc4)c3C(=O)OC)n2C)cc1. The Morgan fingerprint density at radius 2 is 1.81 bits per heavy atom. The topological polar surface area (TPSA) is 95.3 Å². The number of rotatable bonds is 10. The Kier molecular flexibility index (Phi) is 8.62. The van der Waals surface area contributed by atoms with Crippen molar-refractivity contribution in [3.63, 3.8) is 0 Å². The van der Waals surface area contributed by atoms with Crippen LogP contribution in [0.25, 0.3) is 11.1 Å². The lowest BCUT2D eigenvalue weighted by atomic mass is 10.0. The van der Waals surface area contributed by atoms with Crippen molar-refractivity contribution in [2.75, 3.05) is 18.2 Å². The summed E-state index contributed by atoms with van der Waals surface area (Å²) >= 11 is 2.55. The third-order valence-corrected chi connectivity index (χ3v) is 7.67. The number of carbonyl (C=O) groups excluding carboxylic acids is 2. The predicted molar refractivity (Wildman–Crippen MR) is 146 cm³/mol. The highest BCUT2D eigenvalue weighted by molar-refractivity contribution is 7.99. The van der Waals surface area contributed by atoms with Gasteiger partial charge in [0.25, 0.3) is 0 Å². The molecular weight excluding hydrogens is 508 g/mol. The molecule has 2 aromatic heterocycles. The van der Waals surface area contributed by atoms with Gasteiger partial charge >= 0.3 is 5.97 Å². The van der Waals surface area contributed by atoms with Crippen LogP contribution >= 0.6 is 23.1 Å². The van der Waals surface area contributed by atoms with Gasteiger partial charge in [0, 0.05) is 18.0 Å². The maximum absolute atomic E-state index is 12.8. The standard InChI is InChI=1S/C27H28N4O4S2/c1-5-18-8-12-20(13-9-18)35-14-22-29-30-27(31(22)3)37-16-23(32)28-25-24(26(33)34-4)21(15-36-25)19-10-6-17(2)7-11-19/h6-13,15H,5,14,16H2,1-4H3,(H,28,32). The summed E-state index contributed by atoms with van der Waals surface area (Å²) in [5.41, 5.74) is 4.32. The number of esters is 1. The van der Waals surface area contributed by atoms with E-state index in [1.165, 1.54) is 35.8 Å². The molecule has 192 valence electrons. The second-order valence-corrected chi connectivity index (χ2v) is 10.1. The number of anilines is 1. The van der Waals surface area contributed by atoms with Crippen LogP contribution < -0.4 is 10.1 Å². The normalized spacial score (nSPS) is 10.8. The summed E-state index contributed by atoms with van der Waals surface area (Å²) in [6, 6.07) is 15.8. The molecule has 1 amide bonds. The van der Waals surface area contributed by atoms with Gasteiger partial charge in [0.15, 0.2) is 11.0 Å². The molecule has 0 radical (unpaired) electrons. The average Bonchev–Trinajstić information content (AvgIpc) is 3.49. The van der Waals surface area contributed by atoms with Crippen molar-refractivity contribution in [2.24, 2.45) is 7.05 Å². The number of benzene rings is 2. The number of aryl methyl sites for hydroxylation is 2. The van der Waals surface area contributed by atoms with E-state index in [1.54, 1.807) is 4.57 Å². The molecule has 0 spiro atoms. The lowest BCUT2D eigenvalue weighted by Crippen LogP contribution is -2.16. The van der Waals surface area contributed by atoms with Crippen LogP contribution in [0.15, 0.2) is 59.1 Å². The Hall–Kier alpha value is -3.63. The number of nitrogens with zero attached hydrogens (tertiary/aromatic N) is 3. The van der Waals surface area contributed by atoms with Crippen molar-refractivity contribution >= 4 is 40.0 Å². The first-order chi connectivity index (χ1) is 17.9. The van der Waals surface area contributed by atoms with Crippen LogP contribution in [0.5, 0.6) is 5.75 Å². The number of methoxy groups -OCH3 is 1. The van der Waals surface area contributed by atoms with Gasteiger partial charge in [-0.1, -0.05) is 60.6 Å². The van der Waals surface area contributed by atoms with Crippen LogP contribution in [0.3, 0.4) is 0 Å². The minimum atomic E-state index is -0.498. The van der Waals surface area contributed by atoms with Crippen molar-refractivity contribution < 1.29 is 19.1 Å². The van der Waals surface area contributed by atoms with E-state index in [1.807, 2.05) is 67.9 Å². The summed E-state index contributed by atoms with van der Waals surface area (Å²) in [6.45, 7) is 4.37. The number of hydrogen-bond donors (Lipinski definition) is 1. The Labute approximate surface area is 224 Å². The van der Waals surface area contributed by atoms with Gasteiger partial charge in [-0.15, -0.1) is 21.5 Å². The number of ether oxygens (including phenoxy) is 2. The molecule has 2 aromatic carbocycles. The molecule has 37 heavy (non-hydrogen) atoms. The van der Waals surface area contributed by atoms with Gasteiger partial charge in [-0.2, -0.15) is 0 Å². The van der Waals surface area contributed by atoms with Gasteiger partial charge < -0.3 is 19.4 Å². The van der Waals surface area contributed by atoms with Crippen molar-refractivity contribution in [3.05, 3.63) is 76.4 Å². The average molecular weight is 537 g/mol. The molecule has 1 N–H and O–H groups in total. The van der Waals surface area contributed by atoms with Gasteiger partial charge in [0.05, 0.1) is 12.9 Å². The molecule has 0 fully saturated rings. The maximum Gasteiger partial charge on any atom is 0.341 e. The quantitative estimate of drug-likeness (QED) is 0.211. The Morgan fingerprint density at radius 1 is 1.08 bits per heavy atom. The highest BCUT2D eigenvalue weighted by Gasteiger charge is 2.22. The number of thiophene rings is 1. The second-order valence-electron chi connectivity index (χ2n) is 8.29. The van der Waals surface area contributed by atoms with E-state index in [0.29, 0.717) is 21.5 Å². The molecule has 0 aliphatic rings. The number of aromatic nitrogens is 3. The van der Waals surface area contributed by atoms with Crippen LogP contribution in [0, 0.1) is 6.92 Å². The first-order valence-corrected chi connectivity index (χ1v) is 13.6. The fraction of sp³-hybridized carbons (Fsp3) is 0.259. The lowest BCUT2D eigenvalue weighted by Gasteiger charge is -2.08. The Balaban J connectivity index is 1.38. The monoisotopic (exact) mass is 536 g/mol. The molecule has 0 bridgehead atoms. The fourth-order valence-corrected chi connectivity index (χ4v) is 5.26. The van der Waals surface area contributed by atoms with Crippen molar-refractivity contribution in [3.8, 4) is 16.9 Å². The molecule has 2 heterocycles. The van der Waals surface area contributed by atoms with E-state index in [0.717, 1.165) is 28.9 Å². The third kappa shape index (κ3) is 6.39. The summed E-state index contributed by atoms with van der Waals surface area (Å²) < 4.78 is 12.6. The highest BCUT2D eigenvalue weighted by Crippen LogP contribution is 2.36. The van der Waals surface area contributed by atoms with Gasteiger partial charge in [-0.3, -0.25) is 4.79 Å². The first-order valence-electron chi connectivity index (χ1n) is 11.7. The number of carbonyl (C=O) groups is 2. The minimum absolute atomic E-state index is 0.101. The lowest BCUT2D eigenvalue weighted by molar-refractivity contribution is -0.113. The zero-order chi connectivity index (χ0) is 26.4. The molecule has 0 saturated heterocycles. The summed E-state index contributed by atoms with van der Waals surface area (Å²) in [6.07, 6.45) is 0.974. The van der Waals surface area contributed by atoms with Gasteiger partial charge in [0.1, 0.15) is 22.9 Å². The summed E-state index contributed by atoms with van der Waals surface area (Å²) in [7, 11) is 3.16. The Bertz CT molecular complexity index is 1380. The Morgan fingerprint density at radius 3 is 2.49 bits per heavy atom. The molecule has 0 saturated carbocycles. The molecule has 0 aliphatic heterocycles. The van der Waals surface area contributed by atoms with E-state index in [-0.39, 0.29) is 18.3 Å². The summed E-state index contributed by atoms with van der Waals surface area (Å²) in [5.74, 6) is 0.753. The van der Waals surface area contributed by atoms with Crippen molar-refractivity contribution in [1.82, 2.24) is 14.8 Å².